The molecule has 0 bridgehead atoms. The monoisotopic (exact) mass is 407 g/mol. The summed E-state index contributed by atoms with van der Waals surface area (Å²) in [7, 11) is 3.11. The average Bonchev–Trinajstić information content (AvgIpc) is 3.05. The van der Waals surface area contributed by atoms with Crippen molar-refractivity contribution in [3.63, 3.8) is 0 Å². The van der Waals surface area contributed by atoms with Gasteiger partial charge in [0.05, 0.1) is 11.3 Å². The SMILES string of the molecule is CN(C(=O)OC(C)(C)C)c1nc(C#Cc2ccccc2)c([N+](=O)[O-])c2c1ncn2C. The number of fused-ring (bicyclic) bond motifs is 1. The van der Waals surface area contributed by atoms with E-state index in [1.807, 2.05) is 18.2 Å². The minimum Gasteiger partial charge on any atom is -0.443 e. The van der Waals surface area contributed by atoms with E-state index >= 15 is 0 Å². The van der Waals surface area contributed by atoms with E-state index < -0.39 is 16.6 Å². The Morgan fingerprint density at radius 2 is 1.90 bits per heavy atom. The highest BCUT2D eigenvalue weighted by Gasteiger charge is 2.30. The van der Waals surface area contributed by atoms with Crippen LogP contribution in [-0.2, 0) is 11.8 Å². The van der Waals surface area contributed by atoms with Crippen LogP contribution < -0.4 is 4.90 Å². The Labute approximate surface area is 173 Å². The number of anilines is 1. The third kappa shape index (κ3) is 4.22. The number of ether oxygens (including phenoxy) is 1. The number of carbonyl (C=O) groups excluding carboxylic acids is 1. The predicted molar refractivity (Wildman–Crippen MR) is 112 cm³/mol. The van der Waals surface area contributed by atoms with Gasteiger partial charge in [0, 0.05) is 19.7 Å². The lowest BCUT2D eigenvalue weighted by atomic mass is 10.2. The summed E-state index contributed by atoms with van der Waals surface area (Å²) in [5.41, 5.74) is 0.0622. The van der Waals surface area contributed by atoms with Crippen molar-refractivity contribution in [2.75, 3.05) is 11.9 Å². The van der Waals surface area contributed by atoms with E-state index in [-0.39, 0.29) is 28.2 Å². The minimum absolute atomic E-state index is 0.0645. The molecule has 1 amide bonds. The van der Waals surface area contributed by atoms with Crippen LogP contribution in [0.15, 0.2) is 36.7 Å². The average molecular weight is 407 g/mol. The summed E-state index contributed by atoms with van der Waals surface area (Å²) in [6, 6.07) is 9.06. The van der Waals surface area contributed by atoms with Crippen molar-refractivity contribution in [3.05, 3.63) is 58.0 Å². The molecule has 0 fully saturated rings. The molecule has 0 unspecified atom stereocenters. The molecule has 0 saturated carbocycles. The van der Waals surface area contributed by atoms with Crippen LogP contribution in [0.2, 0.25) is 0 Å². The van der Waals surface area contributed by atoms with Gasteiger partial charge in [-0.1, -0.05) is 24.1 Å². The molecule has 0 aliphatic rings. The van der Waals surface area contributed by atoms with Crippen LogP contribution in [0, 0.1) is 22.0 Å². The number of pyridine rings is 1. The van der Waals surface area contributed by atoms with E-state index in [1.165, 1.54) is 22.8 Å². The molecule has 9 heteroatoms. The lowest BCUT2D eigenvalue weighted by Crippen LogP contribution is -2.34. The molecule has 3 aromatic rings. The van der Waals surface area contributed by atoms with E-state index in [0.29, 0.717) is 5.56 Å². The molecule has 2 heterocycles. The molecule has 9 nitrogen and oxygen atoms in total. The Morgan fingerprint density at radius 1 is 1.23 bits per heavy atom. The third-order valence-corrected chi connectivity index (χ3v) is 4.08. The molecular formula is C21H21N5O4. The molecule has 0 aliphatic heterocycles. The fourth-order valence-electron chi connectivity index (χ4n) is 2.76. The van der Waals surface area contributed by atoms with Crippen LogP contribution in [0.4, 0.5) is 16.3 Å². The number of imidazole rings is 1. The number of aryl methyl sites for hydroxylation is 1. The fourth-order valence-corrected chi connectivity index (χ4v) is 2.76. The quantitative estimate of drug-likeness (QED) is 0.365. The second kappa shape index (κ2) is 7.83. The highest BCUT2D eigenvalue weighted by molar-refractivity contribution is 6.00. The van der Waals surface area contributed by atoms with Crippen molar-refractivity contribution < 1.29 is 14.5 Å². The van der Waals surface area contributed by atoms with Crippen LogP contribution in [0.25, 0.3) is 11.0 Å². The van der Waals surface area contributed by atoms with Gasteiger partial charge in [0.1, 0.15) is 11.1 Å². The van der Waals surface area contributed by atoms with Gasteiger partial charge in [0.2, 0.25) is 0 Å². The highest BCUT2D eigenvalue weighted by Crippen LogP contribution is 2.33. The van der Waals surface area contributed by atoms with Gasteiger partial charge in [-0.05, 0) is 38.8 Å². The Bertz CT molecular complexity index is 1180. The maximum atomic E-state index is 12.6. The summed E-state index contributed by atoms with van der Waals surface area (Å²) in [5.74, 6) is 5.79. The van der Waals surface area contributed by atoms with Gasteiger partial charge in [-0.3, -0.25) is 15.0 Å². The van der Waals surface area contributed by atoms with Gasteiger partial charge in [-0.15, -0.1) is 0 Å². The highest BCUT2D eigenvalue weighted by atomic mass is 16.6. The first-order valence-electron chi connectivity index (χ1n) is 9.11. The zero-order chi connectivity index (χ0) is 22.1. The number of hydrogen-bond donors (Lipinski definition) is 0. The van der Waals surface area contributed by atoms with Gasteiger partial charge < -0.3 is 9.30 Å². The number of aromatic nitrogens is 3. The molecule has 1 aromatic carbocycles. The molecule has 0 saturated heterocycles. The molecule has 154 valence electrons. The van der Waals surface area contributed by atoms with Crippen molar-refractivity contribution in [3.8, 4) is 11.8 Å². The lowest BCUT2D eigenvalue weighted by molar-refractivity contribution is -0.383. The number of carbonyl (C=O) groups is 1. The maximum absolute atomic E-state index is 12.6. The predicted octanol–water partition coefficient (Wildman–Crippen LogP) is 3.65. The molecular weight excluding hydrogens is 386 g/mol. The number of hydrogen-bond acceptors (Lipinski definition) is 6. The lowest BCUT2D eigenvalue weighted by Gasteiger charge is -2.24. The molecule has 0 radical (unpaired) electrons. The van der Waals surface area contributed by atoms with Gasteiger partial charge >= 0.3 is 11.8 Å². The fraction of sp³-hybridized carbons (Fsp3) is 0.286. The summed E-state index contributed by atoms with van der Waals surface area (Å²) < 4.78 is 6.91. The summed E-state index contributed by atoms with van der Waals surface area (Å²) >= 11 is 0. The van der Waals surface area contributed by atoms with Crippen LogP contribution in [0.5, 0.6) is 0 Å². The number of benzene rings is 1. The van der Waals surface area contributed by atoms with E-state index in [1.54, 1.807) is 40.0 Å². The van der Waals surface area contributed by atoms with E-state index in [9.17, 15) is 14.9 Å². The first-order valence-corrected chi connectivity index (χ1v) is 9.11. The molecule has 0 spiro atoms. The number of nitro groups is 1. The van der Waals surface area contributed by atoms with Gasteiger partial charge in [-0.25, -0.2) is 14.8 Å². The summed E-state index contributed by atoms with van der Waals surface area (Å²) in [5, 5.41) is 11.9. The summed E-state index contributed by atoms with van der Waals surface area (Å²) in [4.78, 5) is 33.6. The second-order valence-electron chi connectivity index (χ2n) is 7.60. The van der Waals surface area contributed by atoms with E-state index in [4.69, 9.17) is 4.74 Å². The van der Waals surface area contributed by atoms with Gasteiger partial charge in [0.25, 0.3) is 0 Å². The van der Waals surface area contributed by atoms with Crippen LogP contribution in [-0.4, -0.2) is 38.2 Å². The minimum atomic E-state index is -0.717. The van der Waals surface area contributed by atoms with Crippen LogP contribution >= 0.6 is 0 Å². The van der Waals surface area contributed by atoms with Gasteiger partial charge in [0.15, 0.2) is 17.0 Å². The van der Waals surface area contributed by atoms with Gasteiger partial charge in [-0.2, -0.15) is 0 Å². The topological polar surface area (TPSA) is 103 Å². The maximum Gasteiger partial charge on any atom is 0.415 e. The van der Waals surface area contributed by atoms with Crippen molar-refractivity contribution in [1.29, 1.82) is 0 Å². The summed E-state index contributed by atoms with van der Waals surface area (Å²) in [6.45, 7) is 5.24. The molecule has 3 rings (SSSR count). The van der Waals surface area contributed by atoms with E-state index in [0.717, 1.165) is 0 Å². The third-order valence-electron chi connectivity index (χ3n) is 4.08. The number of nitrogens with zero attached hydrogens (tertiary/aromatic N) is 5. The van der Waals surface area contributed by atoms with Crippen molar-refractivity contribution in [2.45, 2.75) is 26.4 Å². The first kappa shape index (κ1) is 20.8. The standard InChI is InChI=1S/C21H21N5O4/c1-21(2,3)30-20(27)25(5)19-16-18(24(4)13-22-16)17(26(28)29)15(23-19)12-11-14-9-7-6-8-10-14/h6-10,13H,1-5H3. The zero-order valence-corrected chi connectivity index (χ0v) is 17.3. The molecule has 0 N–H and O–H groups in total. The van der Waals surface area contributed by atoms with E-state index in [2.05, 4.69) is 21.8 Å². The van der Waals surface area contributed by atoms with Crippen LogP contribution in [0.3, 0.4) is 0 Å². The normalized spacial score (nSPS) is 11.0. The Balaban J connectivity index is 2.22. The van der Waals surface area contributed by atoms with Crippen molar-refractivity contribution in [1.82, 2.24) is 14.5 Å². The Morgan fingerprint density at radius 3 is 2.50 bits per heavy atom. The van der Waals surface area contributed by atoms with Crippen molar-refractivity contribution in [2.24, 2.45) is 7.05 Å². The largest absolute Gasteiger partial charge is 0.443 e. The van der Waals surface area contributed by atoms with Crippen molar-refractivity contribution >= 4 is 28.6 Å². The molecule has 0 atom stereocenters. The smallest absolute Gasteiger partial charge is 0.415 e. The summed E-state index contributed by atoms with van der Waals surface area (Å²) in [6.07, 6.45) is 0.776. The number of amides is 1. The molecule has 0 aliphatic carbocycles. The number of rotatable bonds is 2. The second-order valence-corrected chi connectivity index (χ2v) is 7.60. The Kier molecular flexibility index (Phi) is 5.43. The molecule has 2 aromatic heterocycles. The Hall–Kier alpha value is -3.93. The van der Waals surface area contributed by atoms with Crippen LogP contribution in [0.1, 0.15) is 32.0 Å². The molecule has 30 heavy (non-hydrogen) atoms. The zero-order valence-electron chi connectivity index (χ0n) is 17.3. The first-order chi connectivity index (χ1) is 14.1.